The van der Waals surface area contributed by atoms with Crippen molar-refractivity contribution in [2.45, 2.75) is 11.3 Å². The third kappa shape index (κ3) is 4.08. The number of halogens is 5. The first-order valence-electron chi connectivity index (χ1n) is 7.94. The summed E-state index contributed by atoms with van der Waals surface area (Å²) >= 11 is 5.97. The van der Waals surface area contributed by atoms with E-state index in [1.54, 1.807) is 0 Å². The molecule has 0 amide bonds. The van der Waals surface area contributed by atoms with Gasteiger partial charge in [0.05, 0.1) is 23.5 Å². The van der Waals surface area contributed by atoms with E-state index >= 15 is 0 Å². The fourth-order valence-electron chi connectivity index (χ4n) is 2.75. The summed E-state index contributed by atoms with van der Waals surface area (Å²) in [6.45, 7) is 0. The van der Waals surface area contributed by atoms with Crippen LogP contribution in [0.2, 0.25) is 5.02 Å². The standard InChI is InChI=1S/C18H13ClF4N2O3S/c1-28-16-7-10(3-4-11(16)19)25-15(8-14(24-25)18(22)23)9-5-12(20)17(13(21)6-9)29(2,26)27/h3-8,18H,1-2H3. The van der Waals surface area contributed by atoms with E-state index < -0.39 is 38.5 Å². The molecular formula is C18H13ClF4N2O3S. The van der Waals surface area contributed by atoms with Crippen LogP contribution in [0.1, 0.15) is 12.1 Å². The lowest BCUT2D eigenvalue weighted by atomic mass is 10.1. The van der Waals surface area contributed by atoms with Crippen LogP contribution in [0.5, 0.6) is 5.75 Å². The maximum Gasteiger partial charge on any atom is 0.282 e. The number of hydrogen-bond donors (Lipinski definition) is 0. The molecule has 0 fully saturated rings. The van der Waals surface area contributed by atoms with Gasteiger partial charge in [0.2, 0.25) is 0 Å². The second-order valence-electron chi connectivity index (χ2n) is 6.03. The van der Waals surface area contributed by atoms with Crippen molar-refractivity contribution in [1.29, 1.82) is 0 Å². The Morgan fingerprint density at radius 1 is 1.10 bits per heavy atom. The number of rotatable bonds is 5. The Morgan fingerprint density at radius 2 is 1.72 bits per heavy atom. The van der Waals surface area contributed by atoms with E-state index in [1.165, 1.54) is 25.3 Å². The minimum absolute atomic E-state index is 0.0810. The summed E-state index contributed by atoms with van der Waals surface area (Å²) in [6, 6.07) is 6.75. The molecule has 0 atom stereocenters. The number of methoxy groups -OCH3 is 1. The maximum atomic E-state index is 14.3. The average Bonchev–Trinajstić information content (AvgIpc) is 3.06. The van der Waals surface area contributed by atoms with Crippen LogP contribution in [0.4, 0.5) is 17.6 Å². The van der Waals surface area contributed by atoms with Crippen molar-refractivity contribution in [3.63, 3.8) is 0 Å². The molecule has 0 saturated heterocycles. The predicted molar refractivity (Wildman–Crippen MR) is 98.5 cm³/mol. The molecule has 2 aromatic carbocycles. The Hall–Kier alpha value is -2.59. The summed E-state index contributed by atoms with van der Waals surface area (Å²) in [6.07, 6.45) is -2.29. The largest absolute Gasteiger partial charge is 0.495 e. The van der Waals surface area contributed by atoms with Gasteiger partial charge in [0.1, 0.15) is 28.0 Å². The minimum atomic E-state index is -4.17. The fourth-order valence-corrected chi connectivity index (χ4v) is 3.77. The van der Waals surface area contributed by atoms with Gasteiger partial charge in [-0.25, -0.2) is 30.7 Å². The van der Waals surface area contributed by atoms with Crippen LogP contribution in [-0.4, -0.2) is 31.6 Å². The van der Waals surface area contributed by atoms with Crippen LogP contribution in [0, 0.1) is 11.6 Å². The van der Waals surface area contributed by atoms with E-state index in [1.807, 2.05) is 0 Å². The normalized spacial score (nSPS) is 11.9. The summed E-state index contributed by atoms with van der Waals surface area (Å²) in [5, 5.41) is 4.05. The molecule has 5 nitrogen and oxygen atoms in total. The zero-order valence-corrected chi connectivity index (χ0v) is 16.5. The quantitative estimate of drug-likeness (QED) is 0.525. The SMILES string of the molecule is COc1cc(-n2nc(C(F)F)cc2-c2cc(F)c(S(C)(=O)=O)c(F)c2)ccc1Cl. The third-order valence-corrected chi connectivity index (χ3v) is 5.44. The van der Waals surface area contributed by atoms with Crippen molar-refractivity contribution >= 4 is 21.4 Å². The first-order valence-corrected chi connectivity index (χ1v) is 10.2. The first-order chi connectivity index (χ1) is 13.5. The minimum Gasteiger partial charge on any atom is -0.495 e. The van der Waals surface area contributed by atoms with Crippen molar-refractivity contribution in [3.8, 4) is 22.7 Å². The Labute approximate surface area is 168 Å². The zero-order valence-electron chi connectivity index (χ0n) is 15.0. The third-order valence-electron chi connectivity index (χ3n) is 4.00. The zero-order chi connectivity index (χ0) is 21.5. The van der Waals surface area contributed by atoms with Gasteiger partial charge in [0, 0.05) is 17.9 Å². The number of nitrogens with zero attached hydrogens (tertiary/aromatic N) is 2. The summed E-state index contributed by atoms with van der Waals surface area (Å²) in [4.78, 5) is -1.10. The molecule has 0 spiro atoms. The van der Waals surface area contributed by atoms with Crippen LogP contribution in [0.3, 0.4) is 0 Å². The molecule has 0 aliphatic heterocycles. The highest BCUT2D eigenvalue weighted by Gasteiger charge is 2.24. The van der Waals surface area contributed by atoms with Crippen LogP contribution >= 0.6 is 11.6 Å². The van der Waals surface area contributed by atoms with Gasteiger partial charge in [0.25, 0.3) is 6.43 Å². The van der Waals surface area contributed by atoms with Gasteiger partial charge in [-0.1, -0.05) is 11.6 Å². The number of alkyl halides is 2. The van der Waals surface area contributed by atoms with Crippen molar-refractivity contribution in [1.82, 2.24) is 9.78 Å². The van der Waals surface area contributed by atoms with Crippen molar-refractivity contribution in [2.24, 2.45) is 0 Å². The lowest BCUT2D eigenvalue weighted by molar-refractivity contribution is 0.145. The van der Waals surface area contributed by atoms with Gasteiger partial charge in [0.15, 0.2) is 9.84 Å². The average molecular weight is 449 g/mol. The van der Waals surface area contributed by atoms with Gasteiger partial charge >= 0.3 is 0 Å². The lowest BCUT2D eigenvalue weighted by Gasteiger charge is -2.11. The number of ether oxygens (including phenoxy) is 1. The summed E-state index contributed by atoms with van der Waals surface area (Å²) < 4.78 is 84.4. The highest BCUT2D eigenvalue weighted by molar-refractivity contribution is 7.90. The molecule has 1 aromatic heterocycles. The number of sulfone groups is 1. The molecule has 0 aliphatic rings. The van der Waals surface area contributed by atoms with E-state index in [0.29, 0.717) is 6.26 Å². The molecule has 3 rings (SSSR count). The summed E-state index contributed by atoms with van der Waals surface area (Å²) in [7, 11) is -2.82. The first kappa shape index (κ1) is 21.1. The van der Waals surface area contributed by atoms with Crippen molar-refractivity contribution in [2.75, 3.05) is 13.4 Å². The van der Waals surface area contributed by atoms with Gasteiger partial charge in [-0.3, -0.25) is 0 Å². The molecule has 0 aliphatic carbocycles. The second-order valence-corrected chi connectivity index (χ2v) is 8.39. The maximum absolute atomic E-state index is 14.3. The predicted octanol–water partition coefficient (Wildman–Crippen LogP) is 4.82. The molecule has 0 bridgehead atoms. The van der Waals surface area contributed by atoms with Crippen LogP contribution in [0.15, 0.2) is 41.3 Å². The molecule has 1 heterocycles. The molecule has 3 aromatic rings. The Morgan fingerprint density at radius 3 is 2.24 bits per heavy atom. The number of aromatic nitrogens is 2. The van der Waals surface area contributed by atoms with E-state index in [9.17, 15) is 26.0 Å². The molecule has 0 radical (unpaired) electrons. The van der Waals surface area contributed by atoms with E-state index in [-0.39, 0.29) is 27.7 Å². The topological polar surface area (TPSA) is 61.2 Å². The molecule has 154 valence electrons. The number of benzene rings is 2. The fraction of sp³-hybridized carbons (Fsp3) is 0.167. The number of hydrogen-bond acceptors (Lipinski definition) is 4. The van der Waals surface area contributed by atoms with Gasteiger partial charge < -0.3 is 4.74 Å². The molecule has 11 heteroatoms. The summed E-state index contributed by atoms with van der Waals surface area (Å²) in [5.41, 5.74) is -0.661. The highest BCUT2D eigenvalue weighted by atomic mass is 35.5. The lowest BCUT2D eigenvalue weighted by Crippen LogP contribution is -2.06. The van der Waals surface area contributed by atoms with Crippen LogP contribution in [-0.2, 0) is 9.84 Å². The molecule has 0 saturated carbocycles. The van der Waals surface area contributed by atoms with E-state index in [0.717, 1.165) is 22.9 Å². The van der Waals surface area contributed by atoms with E-state index in [4.69, 9.17) is 16.3 Å². The second kappa shape index (κ2) is 7.68. The van der Waals surface area contributed by atoms with Gasteiger partial charge in [-0.2, -0.15) is 5.10 Å². The van der Waals surface area contributed by atoms with Crippen molar-refractivity contribution < 1.29 is 30.7 Å². The van der Waals surface area contributed by atoms with Gasteiger partial charge in [-0.05, 0) is 30.3 Å². The van der Waals surface area contributed by atoms with Gasteiger partial charge in [-0.15, -0.1) is 0 Å². The van der Waals surface area contributed by atoms with Crippen molar-refractivity contribution in [3.05, 3.63) is 58.7 Å². The Kier molecular flexibility index (Phi) is 5.59. The van der Waals surface area contributed by atoms with Crippen LogP contribution < -0.4 is 4.74 Å². The molecule has 0 N–H and O–H groups in total. The highest BCUT2D eigenvalue weighted by Crippen LogP contribution is 2.33. The monoisotopic (exact) mass is 448 g/mol. The molecule has 29 heavy (non-hydrogen) atoms. The molecular weight excluding hydrogens is 436 g/mol. The van der Waals surface area contributed by atoms with E-state index in [2.05, 4.69) is 5.10 Å². The van der Waals surface area contributed by atoms with Crippen LogP contribution in [0.25, 0.3) is 16.9 Å². The molecule has 0 unspecified atom stereocenters. The smallest absolute Gasteiger partial charge is 0.282 e. The summed E-state index contributed by atoms with van der Waals surface area (Å²) in [5.74, 6) is -2.46. The Balaban J connectivity index is 2.26. The Bertz CT molecular complexity index is 1170.